The van der Waals surface area contributed by atoms with E-state index in [0.29, 0.717) is 15.7 Å². The first-order valence-corrected chi connectivity index (χ1v) is 7.16. The lowest BCUT2D eigenvalue weighted by Gasteiger charge is -2.28. The van der Waals surface area contributed by atoms with Gasteiger partial charge in [0.1, 0.15) is 5.82 Å². The van der Waals surface area contributed by atoms with Gasteiger partial charge < -0.3 is 11.1 Å². The molecule has 3 nitrogen and oxygen atoms in total. The molecule has 19 heavy (non-hydrogen) atoms. The quantitative estimate of drug-likeness (QED) is 0.874. The van der Waals surface area contributed by atoms with Crippen molar-refractivity contribution in [3.05, 3.63) is 28.0 Å². The smallest absolute Gasteiger partial charge is 0.231 e. The Morgan fingerprint density at radius 1 is 1.58 bits per heavy atom. The molecular weight excluding hydrogens is 311 g/mol. The number of hydrogen-bond acceptors (Lipinski definition) is 2. The number of carbonyl (C=O) groups is 1. The van der Waals surface area contributed by atoms with E-state index in [9.17, 15) is 9.18 Å². The summed E-state index contributed by atoms with van der Waals surface area (Å²) in [5, 5.41) is 2.88. The van der Waals surface area contributed by atoms with E-state index >= 15 is 0 Å². The molecule has 1 aromatic carbocycles. The summed E-state index contributed by atoms with van der Waals surface area (Å²) in [6.45, 7) is 3.66. The number of carbonyl (C=O) groups excluding carboxylic acids is 1. The molecule has 0 heterocycles. The molecule has 3 N–H and O–H groups in total. The molecular formula is C14H18BrFN2O. The summed E-state index contributed by atoms with van der Waals surface area (Å²) in [6.07, 6.45) is 2.63. The molecule has 1 saturated carbocycles. The zero-order valence-corrected chi connectivity index (χ0v) is 12.7. The zero-order valence-electron chi connectivity index (χ0n) is 11.1. The molecule has 0 radical (unpaired) electrons. The van der Waals surface area contributed by atoms with Crippen molar-refractivity contribution in [2.24, 2.45) is 11.1 Å². The van der Waals surface area contributed by atoms with Crippen molar-refractivity contribution in [3.8, 4) is 0 Å². The molecule has 1 aliphatic rings. The van der Waals surface area contributed by atoms with Crippen molar-refractivity contribution in [2.45, 2.75) is 39.2 Å². The number of aryl methyl sites for hydroxylation is 1. The molecule has 1 fully saturated rings. The molecule has 0 bridgehead atoms. The van der Waals surface area contributed by atoms with Crippen molar-refractivity contribution in [2.75, 3.05) is 5.32 Å². The molecule has 5 heteroatoms. The summed E-state index contributed by atoms with van der Waals surface area (Å²) >= 11 is 3.13. The molecule has 1 amide bonds. The maximum atomic E-state index is 13.4. The molecule has 0 spiro atoms. The van der Waals surface area contributed by atoms with Crippen LogP contribution in [0.25, 0.3) is 0 Å². The van der Waals surface area contributed by atoms with Crippen molar-refractivity contribution in [1.29, 1.82) is 0 Å². The van der Waals surface area contributed by atoms with Gasteiger partial charge >= 0.3 is 0 Å². The van der Waals surface area contributed by atoms with Crippen LogP contribution in [0, 0.1) is 18.2 Å². The number of nitrogens with two attached hydrogens (primary N) is 1. The Kier molecular flexibility index (Phi) is 3.97. The van der Waals surface area contributed by atoms with Crippen molar-refractivity contribution < 1.29 is 9.18 Å². The third kappa shape index (κ3) is 2.67. The van der Waals surface area contributed by atoms with Crippen LogP contribution in [0.1, 0.15) is 31.7 Å². The maximum Gasteiger partial charge on any atom is 0.231 e. The second-order valence-corrected chi connectivity index (χ2v) is 6.31. The van der Waals surface area contributed by atoms with Crippen LogP contribution in [-0.2, 0) is 4.79 Å². The van der Waals surface area contributed by atoms with Gasteiger partial charge in [-0.3, -0.25) is 4.79 Å². The molecule has 2 atom stereocenters. The van der Waals surface area contributed by atoms with Gasteiger partial charge in [0, 0.05) is 11.7 Å². The Hall–Kier alpha value is -0.940. The lowest BCUT2D eigenvalue weighted by molar-refractivity contribution is -0.125. The fourth-order valence-electron chi connectivity index (χ4n) is 2.52. The van der Waals surface area contributed by atoms with Crippen molar-refractivity contribution in [1.82, 2.24) is 0 Å². The summed E-state index contributed by atoms with van der Waals surface area (Å²) in [4.78, 5) is 12.4. The highest BCUT2D eigenvalue weighted by atomic mass is 79.9. The van der Waals surface area contributed by atoms with E-state index in [-0.39, 0.29) is 17.8 Å². The lowest BCUT2D eigenvalue weighted by atomic mass is 9.84. The Labute approximate surface area is 120 Å². The molecule has 2 unspecified atom stereocenters. The number of hydrogen-bond donors (Lipinski definition) is 2. The van der Waals surface area contributed by atoms with Crippen LogP contribution in [0.4, 0.5) is 10.1 Å². The zero-order chi connectivity index (χ0) is 14.2. The average Bonchev–Trinajstić information content (AvgIpc) is 2.68. The summed E-state index contributed by atoms with van der Waals surface area (Å²) in [5.41, 5.74) is 6.82. The Bertz CT molecular complexity index is 520. The number of halogens is 2. The van der Waals surface area contributed by atoms with E-state index in [4.69, 9.17) is 5.73 Å². The van der Waals surface area contributed by atoms with Crippen LogP contribution in [0.5, 0.6) is 0 Å². The van der Waals surface area contributed by atoms with Crippen molar-refractivity contribution in [3.63, 3.8) is 0 Å². The minimum atomic E-state index is -0.534. The fourth-order valence-corrected chi connectivity index (χ4v) is 2.86. The monoisotopic (exact) mass is 328 g/mol. The predicted octanol–water partition coefficient (Wildman–Crippen LogP) is 3.35. The van der Waals surface area contributed by atoms with E-state index in [1.54, 1.807) is 13.0 Å². The molecule has 1 aliphatic carbocycles. The number of rotatable bonds is 2. The van der Waals surface area contributed by atoms with E-state index in [2.05, 4.69) is 21.2 Å². The second-order valence-electron chi connectivity index (χ2n) is 5.45. The van der Waals surface area contributed by atoms with Crippen LogP contribution in [-0.4, -0.2) is 11.9 Å². The van der Waals surface area contributed by atoms with Crippen LogP contribution in [0.2, 0.25) is 0 Å². The predicted molar refractivity (Wildman–Crippen MR) is 77.4 cm³/mol. The second kappa shape index (κ2) is 5.21. The van der Waals surface area contributed by atoms with Gasteiger partial charge in [0.15, 0.2) is 0 Å². The third-order valence-electron chi connectivity index (χ3n) is 4.06. The van der Waals surface area contributed by atoms with Gasteiger partial charge in [-0.2, -0.15) is 0 Å². The summed E-state index contributed by atoms with van der Waals surface area (Å²) in [6, 6.07) is 2.87. The first-order chi connectivity index (χ1) is 8.84. The maximum absolute atomic E-state index is 13.4. The molecule has 2 rings (SSSR count). The van der Waals surface area contributed by atoms with Crippen LogP contribution >= 0.6 is 15.9 Å². The van der Waals surface area contributed by atoms with Gasteiger partial charge in [0.05, 0.1) is 9.89 Å². The minimum absolute atomic E-state index is 0.0842. The molecule has 0 saturated heterocycles. The molecule has 0 aromatic heterocycles. The molecule has 0 aliphatic heterocycles. The first-order valence-electron chi connectivity index (χ1n) is 6.37. The van der Waals surface area contributed by atoms with Crippen LogP contribution in [0.15, 0.2) is 16.6 Å². The SMILES string of the molecule is Cc1cc(F)c(Br)cc1NC(=O)C1(C)CCCC1N. The number of nitrogens with one attached hydrogen (secondary N) is 1. The summed E-state index contributed by atoms with van der Waals surface area (Å²) in [7, 11) is 0. The largest absolute Gasteiger partial charge is 0.327 e. The van der Waals surface area contributed by atoms with Crippen molar-refractivity contribution >= 4 is 27.5 Å². The van der Waals surface area contributed by atoms with Gasteiger partial charge in [-0.25, -0.2) is 4.39 Å². The Morgan fingerprint density at radius 2 is 2.26 bits per heavy atom. The number of benzene rings is 1. The third-order valence-corrected chi connectivity index (χ3v) is 4.67. The van der Waals surface area contributed by atoms with Crippen LogP contribution in [0.3, 0.4) is 0 Å². The lowest BCUT2D eigenvalue weighted by Crippen LogP contribution is -2.44. The summed E-state index contributed by atoms with van der Waals surface area (Å²) in [5.74, 6) is -0.418. The average molecular weight is 329 g/mol. The first kappa shape index (κ1) is 14.5. The number of anilines is 1. The van der Waals surface area contributed by atoms with Crippen LogP contribution < -0.4 is 11.1 Å². The normalized spacial score (nSPS) is 26.5. The Balaban J connectivity index is 2.22. The topological polar surface area (TPSA) is 55.1 Å². The number of amides is 1. The molecule has 104 valence electrons. The highest BCUT2D eigenvalue weighted by Crippen LogP contribution is 2.38. The Morgan fingerprint density at radius 3 is 2.84 bits per heavy atom. The van der Waals surface area contributed by atoms with E-state index < -0.39 is 5.41 Å². The van der Waals surface area contributed by atoms with E-state index in [1.165, 1.54) is 6.07 Å². The fraction of sp³-hybridized carbons (Fsp3) is 0.500. The van der Waals surface area contributed by atoms with Gasteiger partial charge in [-0.05, 0) is 60.3 Å². The highest BCUT2D eigenvalue weighted by Gasteiger charge is 2.43. The van der Waals surface area contributed by atoms with Gasteiger partial charge in [-0.1, -0.05) is 6.42 Å². The highest BCUT2D eigenvalue weighted by molar-refractivity contribution is 9.10. The molecule has 1 aromatic rings. The van der Waals surface area contributed by atoms with Gasteiger partial charge in [0.2, 0.25) is 5.91 Å². The summed E-state index contributed by atoms with van der Waals surface area (Å²) < 4.78 is 13.7. The van der Waals surface area contributed by atoms with Gasteiger partial charge in [-0.15, -0.1) is 0 Å². The van der Waals surface area contributed by atoms with E-state index in [0.717, 1.165) is 19.3 Å². The minimum Gasteiger partial charge on any atom is -0.327 e. The van der Waals surface area contributed by atoms with E-state index in [1.807, 2.05) is 6.92 Å². The van der Waals surface area contributed by atoms with Gasteiger partial charge in [0.25, 0.3) is 0 Å². The standard InChI is InChI=1S/C14H18BrFN2O/c1-8-6-10(16)9(15)7-11(8)18-13(19)14(2)5-3-4-12(14)17/h6-7,12H,3-5,17H2,1-2H3,(H,18,19).